The number of hydrogen-bond donors (Lipinski definition) is 0. The molecule has 0 fully saturated rings. The van der Waals surface area contributed by atoms with Crippen molar-refractivity contribution in [1.29, 1.82) is 0 Å². The summed E-state index contributed by atoms with van der Waals surface area (Å²) in [5.41, 5.74) is 0.959. The number of alkyl halides is 3. The molecule has 0 N–H and O–H groups in total. The number of rotatable bonds is 2. The van der Waals surface area contributed by atoms with Crippen LogP contribution in [0.4, 0.5) is 13.2 Å². The van der Waals surface area contributed by atoms with Crippen molar-refractivity contribution in [2.45, 2.75) is 6.18 Å². The summed E-state index contributed by atoms with van der Waals surface area (Å²) < 4.78 is 39.0. The molecule has 0 amide bonds. The first kappa shape index (κ1) is 15.6. The summed E-state index contributed by atoms with van der Waals surface area (Å²) in [4.78, 5) is 20.4. The van der Waals surface area contributed by atoms with Crippen LogP contribution in [0.1, 0.15) is 0 Å². The highest BCUT2D eigenvalue weighted by Gasteiger charge is 2.42. The van der Waals surface area contributed by atoms with Crippen molar-refractivity contribution in [1.82, 2.24) is 9.71 Å². The maximum atomic E-state index is 12.4. The molecule has 4 rings (SSSR count). The fraction of sp³-hybridized carbons (Fsp3) is 0.0588. The number of hydrogen-bond acceptors (Lipinski definition) is 4. The van der Waals surface area contributed by atoms with Crippen LogP contribution in [-0.2, 0) is 4.79 Å². The van der Waals surface area contributed by atoms with E-state index in [1.165, 1.54) is 12.4 Å². The zero-order valence-electron chi connectivity index (χ0n) is 12.4. The number of aromatic nitrogens is 2. The third kappa shape index (κ3) is 2.74. The van der Waals surface area contributed by atoms with Gasteiger partial charge in [-0.05, 0) is 29.7 Å². The summed E-state index contributed by atoms with van der Waals surface area (Å²) >= 11 is 1.57. The Morgan fingerprint density at radius 3 is 2.72 bits per heavy atom. The van der Waals surface area contributed by atoms with Crippen molar-refractivity contribution in [2.24, 2.45) is 0 Å². The Bertz CT molecular complexity index is 1070. The topological polar surface area (TPSA) is 44.1 Å². The smallest absolute Gasteiger partial charge is 0.326 e. The van der Waals surface area contributed by atoms with Crippen molar-refractivity contribution in [2.75, 3.05) is 0 Å². The standard InChI is InChI=1S/C17H9F3N2O2S/c18-17(19,20)16(23)24-22-8-6-12-11(5-7-21-15(12)22)14-9-10-3-1-2-4-13(10)25-14/h1-9H. The van der Waals surface area contributed by atoms with E-state index in [4.69, 9.17) is 0 Å². The fourth-order valence-electron chi connectivity index (χ4n) is 2.56. The molecule has 0 aliphatic carbocycles. The lowest BCUT2D eigenvalue weighted by Crippen LogP contribution is -2.33. The number of carbonyl (C=O) groups excluding carboxylic acids is 1. The molecular weight excluding hydrogens is 353 g/mol. The second-order valence-electron chi connectivity index (χ2n) is 5.26. The Balaban J connectivity index is 1.80. The van der Waals surface area contributed by atoms with E-state index in [-0.39, 0.29) is 5.65 Å². The monoisotopic (exact) mass is 362 g/mol. The Morgan fingerprint density at radius 1 is 1.16 bits per heavy atom. The van der Waals surface area contributed by atoms with Gasteiger partial charge in [0, 0.05) is 32.9 Å². The molecule has 1 aromatic carbocycles. The second kappa shape index (κ2) is 5.59. The van der Waals surface area contributed by atoms with Crippen LogP contribution in [0.5, 0.6) is 0 Å². The first-order valence-electron chi connectivity index (χ1n) is 7.18. The molecule has 3 aromatic heterocycles. The molecule has 25 heavy (non-hydrogen) atoms. The second-order valence-corrected chi connectivity index (χ2v) is 6.35. The van der Waals surface area contributed by atoms with Gasteiger partial charge in [0.2, 0.25) is 0 Å². The lowest BCUT2D eigenvalue weighted by molar-refractivity contribution is -0.199. The average molecular weight is 362 g/mol. The Morgan fingerprint density at radius 2 is 1.96 bits per heavy atom. The minimum atomic E-state index is -5.07. The minimum absolute atomic E-state index is 0.146. The summed E-state index contributed by atoms with van der Waals surface area (Å²) in [6.07, 6.45) is -2.35. The number of benzene rings is 1. The van der Waals surface area contributed by atoms with E-state index in [0.29, 0.717) is 5.39 Å². The zero-order chi connectivity index (χ0) is 17.6. The molecule has 0 aliphatic heterocycles. The van der Waals surface area contributed by atoms with E-state index in [1.807, 2.05) is 30.3 Å². The summed E-state index contributed by atoms with van der Waals surface area (Å²) in [5, 5.41) is 1.68. The summed E-state index contributed by atoms with van der Waals surface area (Å²) in [5.74, 6) is -2.29. The van der Waals surface area contributed by atoms with Crippen molar-refractivity contribution in [3.05, 3.63) is 54.9 Å². The average Bonchev–Trinajstić information content (AvgIpc) is 3.18. The quantitative estimate of drug-likeness (QED) is 0.530. The van der Waals surface area contributed by atoms with Gasteiger partial charge in [-0.25, -0.2) is 9.78 Å². The third-order valence-electron chi connectivity index (χ3n) is 3.66. The highest BCUT2D eigenvalue weighted by molar-refractivity contribution is 7.22. The molecule has 4 aromatic rings. The Hall–Kier alpha value is -2.87. The van der Waals surface area contributed by atoms with E-state index in [1.54, 1.807) is 23.5 Å². The largest absolute Gasteiger partial charge is 0.493 e. The van der Waals surface area contributed by atoms with Crippen LogP contribution >= 0.6 is 11.3 Å². The normalized spacial score (nSPS) is 12.0. The van der Waals surface area contributed by atoms with E-state index in [9.17, 15) is 18.0 Å². The van der Waals surface area contributed by atoms with Gasteiger partial charge in [0.05, 0.1) is 0 Å². The van der Waals surface area contributed by atoms with Gasteiger partial charge in [-0.3, -0.25) is 0 Å². The first-order valence-corrected chi connectivity index (χ1v) is 7.99. The number of halogens is 3. The summed E-state index contributed by atoms with van der Waals surface area (Å²) in [6, 6.07) is 13.2. The molecule has 8 heteroatoms. The first-order chi connectivity index (χ1) is 11.9. The fourth-order valence-corrected chi connectivity index (χ4v) is 3.66. The highest BCUT2D eigenvalue weighted by Crippen LogP contribution is 2.36. The highest BCUT2D eigenvalue weighted by atomic mass is 32.1. The van der Waals surface area contributed by atoms with Gasteiger partial charge < -0.3 is 4.84 Å². The van der Waals surface area contributed by atoms with Crippen LogP contribution in [0.15, 0.2) is 54.9 Å². The van der Waals surface area contributed by atoms with Crippen molar-refractivity contribution in [3.8, 4) is 10.4 Å². The molecule has 126 valence electrons. The predicted octanol–water partition coefficient (Wildman–Crippen LogP) is 4.44. The van der Waals surface area contributed by atoms with Crippen molar-refractivity contribution in [3.63, 3.8) is 0 Å². The van der Waals surface area contributed by atoms with Crippen LogP contribution in [0.25, 0.3) is 31.6 Å². The third-order valence-corrected chi connectivity index (χ3v) is 4.81. The molecule has 0 bridgehead atoms. The maximum Gasteiger partial charge on any atom is 0.493 e. The van der Waals surface area contributed by atoms with Crippen LogP contribution in [0.2, 0.25) is 0 Å². The van der Waals surface area contributed by atoms with Gasteiger partial charge in [-0.2, -0.15) is 17.9 Å². The molecule has 0 saturated heterocycles. The van der Waals surface area contributed by atoms with E-state index in [2.05, 4.69) is 9.82 Å². The molecule has 0 radical (unpaired) electrons. The SMILES string of the molecule is O=C(On1ccc2c(-c3cc4ccccc4s3)ccnc21)C(F)(F)F. The van der Waals surface area contributed by atoms with Crippen LogP contribution < -0.4 is 4.84 Å². The van der Waals surface area contributed by atoms with Gasteiger partial charge in [0.25, 0.3) is 0 Å². The zero-order valence-corrected chi connectivity index (χ0v) is 13.3. The van der Waals surface area contributed by atoms with Crippen LogP contribution in [0.3, 0.4) is 0 Å². The Labute approximate surface area is 143 Å². The number of pyridine rings is 1. The van der Waals surface area contributed by atoms with Gasteiger partial charge in [-0.15, -0.1) is 11.3 Å². The van der Waals surface area contributed by atoms with Gasteiger partial charge in [-0.1, -0.05) is 18.2 Å². The molecule has 0 spiro atoms. The number of fused-ring (bicyclic) bond motifs is 2. The summed E-state index contributed by atoms with van der Waals surface area (Å²) in [7, 11) is 0. The van der Waals surface area contributed by atoms with E-state index < -0.39 is 12.1 Å². The van der Waals surface area contributed by atoms with E-state index in [0.717, 1.165) is 25.3 Å². The molecule has 0 aliphatic rings. The molecule has 0 saturated carbocycles. The van der Waals surface area contributed by atoms with Gasteiger partial charge >= 0.3 is 12.1 Å². The van der Waals surface area contributed by atoms with Gasteiger partial charge in [0.15, 0.2) is 5.65 Å². The molecule has 3 heterocycles. The number of thiophene rings is 1. The molecule has 4 nitrogen and oxygen atoms in total. The van der Waals surface area contributed by atoms with E-state index >= 15 is 0 Å². The number of nitrogens with zero attached hydrogens (tertiary/aromatic N) is 2. The summed E-state index contributed by atoms with van der Waals surface area (Å²) in [6.45, 7) is 0. The van der Waals surface area contributed by atoms with Crippen molar-refractivity contribution < 1.29 is 22.8 Å². The Kier molecular flexibility index (Phi) is 3.50. The van der Waals surface area contributed by atoms with Crippen molar-refractivity contribution >= 4 is 38.4 Å². The lowest BCUT2D eigenvalue weighted by atomic mass is 10.1. The van der Waals surface area contributed by atoms with Crippen LogP contribution in [0, 0.1) is 0 Å². The lowest BCUT2D eigenvalue weighted by Gasteiger charge is -2.08. The van der Waals surface area contributed by atoms with Crippen LogP contribution in [-0.4, -0.2) is 21.9 Å². The number of carbonyl (C=O) groups is 1. The minimum Gasteiger partial charge on any atom is -0.326 e. The molecule has 0 atom stereocenters. The predicted molar refractivity (Wildman–Crippen MR) is 88.2 cm³/mol. The van der Waals surface area contributed by atoms with Gasteiger partial charge in [0.1, 0.15) is 0 Å². The maximum absolute atomic E-state index is 12.4. The molecular formula is C17H9F3N2O2S. The molecule has 0 unspecified atom stereocenters.